The average Bonchev–Trinajstić information content (AvgIpc) is 3.15. The summed E-state index contributed by atoms with van der Waals surface area (Å²) in [6.07, 6.45) is -4.79. The van der Waals surface area contributed by atoms with Crippen LogP contribution in [0.3, 0.4) is 0 Å². The highest BCUT2D eigenvalue weighted by atomic mass is 19.4. The number of nitriles is 1. The van der Waals surface area contributed by atoms with Gasteiger partial charge in [0, 0.05) is 0 Å². The summed E-state index contributed by atoms with van der Waals surface area (Å²) in [7, 11) is 0. The van der Waals surface area contributed by atoms with Gasteiger partial charge >= 0.3 is 12.1 Å². The van der Waals surface area contributed by atoms with E-state index in [2.05, 4.69) is 0 Å². The van der Waals surface area contributed by atoms with Crippen molar-refractivity contribution in [3.05, 3.63) is 40.5 Å². The van der Waals surface area contributed by atoms with E-state index in [1.165, 1.54) is 13.0 Å². The Labute approximate surface area is 162 Å². The molecule has 0 spiro atoms. The predicted molar refractivity (Wildman–Crippen MR) is 90.3 cm³/mol. The lowest BCUT2D eigenvalue weighted by Crippen LogP contribution is -2.34. The number of halogens is 3. The Morgan fingerprint density at radius 3 is 2.45 bits per heavy atom. The molecule has 1 unspecified atom stereocenters. The highest BCUT2D eigenvalue weighted by Gasteiger charge is 2.66. The quantitative estimate of drug-likeness (QED) is 0.702. The molecule has 4 rings (SSSR count). The molecule has 7 nitrogen and oxygen atoms in total. The Bertz CT molecular complexity index is 1120. The van der Waals surface area contributed by atoms with Crippen molar-refractivity contribution in [3.8, 4) is 23.5 Å². The molecule has 1 aromatic heterocycles. The van der Waals surface area contributed by atoms with E-state index in [0.29, 0.717) is 6.07 Å². The number of carboxylic acid groups (broad SMARTS) is 1. The first kappa shape index (κ1) is 19.1. The molecule has 3 heterocycles. The van der Waals surface area contributed by atoms with Gasteiger partial charge in [0.1, 0.15) is 5.60 Å². The molecular weight excluding hydrogens is 393 g/mol. The predicted octanol–water partition coefficient (Wildman–Crippen LogP) is 3.34. The van der Waals surface area contributed by atoms with Crippen LogP contribution >= 0.6 is 0 Å². The van der Waals surface area contributed by atoms with Gasteiger partial charge in [-0.3, -0.25) is 9.36 Å². The topological polar surface area (TPSA) is 116 Å². The van der Waals surface area contributed by atoms with Crippen molar-refractivity contribution in [2.45, 2.75) is 37.6 Å². The number of aliphatic carboxylic acids is 1. The van der Waals surface area contributed by atoms with Crippen LogP contribution in [0.25, 0.3) is 5.69 Å². The second-order valence-electron chi connectivity index (χ2n) is 7.61. The molecule has 3 N–H and O–H groups in total. The number of ether oxygens (including phenoxy) is 1. The zero-order valence-electron chi connectivity index (χ0n) is 15.2. The largest absolute Gasteiger partial charge is 0.494 e. The van der Waals surface area contributed by atoms with Gasteiger partial charge in [-0.15, -0.1) is 0 Å². The van der Waals surface area contributed by atoms with Crippen LogP contribution in [-0.2, 0) is 26.9 Å². The van der Waals surface area contributed by atoms with E-state index >= 15 is 0 Å². The number of benzene rings is 1. The third-order valence-corrected chi connectivity index (χ3v) is 5.83. The summed E-state index contributed by atoms with van der Waals surface area (Å²) in [5.74, 6) is -3.29. The molecular formula is C19H15F3N2O5. The Morgan fingerprint density at radius 2 is 1.90 bits per heavy atom. The van der Waals surface area contributed by atoms with Crippen molar-refractivity contribution in [3.63, 3.8) is 0 Å². The summed E-state index contributed by atoms with van der Waals surface area (Å²) >= 11 is 0. The molecule has 3 atom stereocenters. The molecule has 1 aromatic carbocycles. The van der Waals surface area contributed by atoms with E-state index in [-0.39, 0.29) is 23.2 Å². The number of hydrogen-bond donors (Lipinski definition) is 3. The second-order valence-corrected chi connectivity index (χ2v) is 7.61. The molecule has 2 aliphatic rings. The molecule has 10 heteroatoms. The number of carbonyl (C=O) groups is 1. The van der Waals surface area contributed by atoms with Gasteiger partial charge in [0.15, 0.2) is 0 Å². The average molecular weight is 408 g/mol. The van der Waals surface area contributed by atoms with Gasteiger partial charge in [0.25, 0.3) is 0 Å². The molecule has 0 saturated carbocycles. The van der Waals surface area contributed by atoms with Gasteiger partial charge in [0.05, 0.1) is 45.5 Å². The molecule has 1 saturated heterocycles. The monoisotopic (exact) mass is 408 g/mol. The van der Waals surface area contributed by atoms with Crippen LogP contribution in [0.5, 0.6) is 11.8 Å². The lowest BCUT2D eigenvalue weighted by molar-refractivity contribution is -0.149. The first-order valence-corrected chi connectivity index (χ1v) is 8.57. The molecule has 29 heavy (non-hydrogen) atoms. The fourth-order valence-electron chi connectivity index (χ4n) is 4.63. The van der Waals surface area contributed by atoms with Crippen LogP contribution in [0, 0.1) is 17.2 Å². The third-order valence-electron chi connectivity index (χ3n) is 5.83. The fourth-order valence-corrected chi connectivity index (χ4v) is 4.63. The van der Waals surface area contributed by atoms with Crippen molar-refractivity contribution in [2.24, 2.45) is 5.92 Å². The molecule has 2 aliphatic heterocycles. The van der Waals surface area contributed by atoms with Gasteiger partial charge in [-0.2, -0.15) is 18.4 Å². The maximum absolute atomic E-state index is 13.3. The minimum atomic E-state index is -4.82. The zero-order chi connectivity index (χ0) is 21.5. The third kappa shape index (κ3) is 2.31. The van der Waals surface area contributed by atoms with Crippen LogP contribution in [0.4, 0.5) is 13.2 Å². The molecule has 0 aliphatic carbocycles. The number of carboxylic acids is 1. The van der Waals surface area contributed by atoms with Gasteiger partial charge in [-0.1, -0.05) is 0 Å². The molecule has 0 radical (unpaired) electrons. The van der Waals surface area contributed by atoms with Gasteiger partial charge < -0.3 is 20.1 Å². The molecule has 1 fully saturated rings. The zero-order valence-corrected chi connectivity index (χ0v) is 15.2. The van der Waals surface area contributed by atoms with Crippen LogP contribution in [0.2, 0.25) is 0 Å². The molecule has 2 aromatic rings. The van der Waals surface area contributed by atoms with E-state index in [0.717, 1.165) is 16.7 Å². The van der Waals surface area contributed by atoms with Crippen molar-refractivity contribution in [2.75, 3.05) is 0 Å². The van der Waals surface area contributed by atoms with Crippen LogP contribution in [0.15, 0.2) is 18.2 Å². The van der Waals surface area contributed by atoms with Gasteiger partial charge in [-0.25, -0.2) is 0 Å². The van der Waals surface area contributed by atoms with Crippen molar-refractivity contribution >= 4 is 5.97 Å². The van der Waals surface area contributed by atoms with Crippen LogP contribution in [-0.4, -0.2) is 25.9 Å². The lowest BCUT2D eigenvalue weighted by Gasteiger charge is -2.26. The smallest absolute Gasteiger partial charge is 0.417 e. The number of aromatic nitrogens is 1. The van der Waals surface area contributed by atoms with Crippen LogP contribution < -0.4 is 0 Å². The Hall–Kier alpha value is -3.19. The number of hydrogen-bond acceptors (Lipinski definition) is 5. The molecule has 152 valence electrons. The van der Waals surface area contributed by atoms with E-state index in [1.54, 1.807) is 6.92 Å². The summed E-state index contributed by atoms with van der Waals surface area (Å²) in [6.45, 7) is 3.02. The van der Waals surface area contributed by atoms with E-state index in [9.17, 15) is 33.3 Å². The maximum Gasteiger partial charge on any atom is 0.417 e. The lowest BCUT2D eigenvalue weighted by atomic mass is 9.73. The SMILES string of the molecule is C[C@]12CC(C(=O)O)[C@](C)(O1)c1c2c(O)n(-c2ccc(C#N)c(C(F)(F)F)c2)c1O. The highest BCUT2D eigenvalue weighted by molar-refractivity contribution is 5.76. The van der Waals surface area contributed by atoms with Crippen LogP contribution in [0.1, 0.15) is 42.5 Å². The Kier molecular flexibility index (Phi) is 3.60. The Balaban J connectivity index is 1.97. The fraction of sp³-hybridized carbons (Fsp3) is 0.368. The minimum absolute atomic E-state index is 0.0318. The second kappa shape index (κ2) is 5.45. The van der Waals surface area contributed by atoms with Crippen molar-refractivity contribution in [1.82, 2.24) is 4.57 Å². The standard InChI is InChI=1S/C19H15F3N2O5/c1-17-6-11(16(27)28)18(2,29-17)13-12(17)14(25)24(15(13)26)9-4-3-8(7-23)10(5-9)19(20,21)22/h3-5,11,25-26H,6H2,1-2H3,(H,27,28)/t11?,17-,18+/m1/s1. The van der Waals surface area contributed by atoms with Gasteiger partial charge in [0.2, 0.25) is 11.8 Å². The van der Waals surface area contributed by atoms with E-state index in [1.807, 2.05) is 0 Å². The normalized spacial score (nSPS) is 27.7. The summed E-state index contributed by atoms with van der Waals surface area (Å²) < 4.78 is 46.6. The number of alkyl halides is 3. The van der Waals surface area contributed by atoms with Crippen molar-refractivity contribution < 1.29 is 38.0 Å². The summed E-state index contributed by atoms with van der Waals surface area (Å²) in [4.78, 5) is 11.7. The van der Waals surface area contributed by atoms with Crippen molar-refractivity contribution in [1.29, 1.82) is 5.26 Å². The summed E-state index contributed by atoms with van der Waals surface area (Å²) in [5, 5.41) is 40.0. The van der Waals surface area contributed by atoms with Gasteiger partial charge in [-0.05, 0) is 38.5 Å². The minimum Gasteiger partial charge on any atom is -0.494 e. The number of nitrogens with zero attached hydrogens (tertiary/aromatic N) is 2. The first-order chi connectivity index (χ1) is 13.3. The van der Waals surface area contributed by atoms with E-state index < -0.39 is 52.2 Å². The summed E-state index contributed by atoms with van der Waals surface area (Å²) in [5.41, 5.74) is -4.54. The highest BCUT2D eigenvalue weighted by Crippen LogP contribution is 2.66. The number of rotatable bonds is 2. The Morgan fingerprint density at radius 1 is 1.28 bits per heavy atom. The molecule has 0 amide bonds. The van der Waals surface area contributed by atoms with E-state index in [4.69, 9.17) is 10.00 Å². The number of aromatic hydroxyl groups is 2. The summed E-state index contributed by atoms with van der Waals surface area (Å²) in [6, 6.07) is 4.21. The first-order valence-electron chi connectivity index (χ1n) is 8.57. The maximum atomic E-state index is 13.3. The number of fused-ring (bicyclic) bond motifs is 5. The molecule has 2 bridgehead atoms.